The van der Waals surface area contributed by atoms with Crippen LogP contribution in [-0.4, -0.2) is 6.54 Å². The summed E-state index contributed by atoms with van der Waals surface area (Å²) in [5.41, 5.74) is 0.162. The molecule has 1 fully saturated rings. The highest BCUT2D eigenvalue weighted by Crippen LogP contribution is 2.32. The molecule has 0 aromatic heterocycles. The molecule has 1 aliphatic heterocycles. The largest absolute Gasteiger partial charge is 0.416 e. The molecular weight excluding hydrogens is 191 g/mol. The molecule has 0 aliphatic carbocycles. The number of benzene rings is 1. The van der Waals surface area contributed by atoms with Gasteiger partial charge in [0, 0.05) is 6.04 Å². The molecule has 1 aliphatic rings. The molecule has 0 unspecified atom stereocenters. The highest BCUT2D eigenvalue weighted by Gasteiger charge is 2.31. The normalized spacial score (nSPS) is 21.8. The van der Waals surface area contributed by atoms with Crippen LogP contribution in [-0.2, 0) is 6.18 Å². The van der Waals surface area contributed by atoms with Gasteiger partial charge in [0.1, 0.15) is 0 Å². The van der Waals surface area contributed by atoms with Gasteiger partial charge in [0.15, 0.2) is 0 Å². The quantitative estimate of drug-likeness (QED) is 0.736. The fourth-order valence-electron chi connectivity index (χ4n) is 1.50. The van der Waals surface area contributed by atoms with E-state index in [1.165, 1.54) is 12.1 Å². The Morgan fingerprint density at radius 3 is 2.50 bits per heavy atom. The Morgan fingerprint density at radius 1 is 1.29 bits per heavy atom. The van der Waals surface area contributed by atoms with Gasteiger partial charge < -0.3 is 5.32 Å². The lowest BCUT2D eigenvalue weighted by molar-refractivity contribution is -0.137. The van der Waals surface area contributed by atoms with Crippen molar-refractivity contribution < 1.29 is 13.2 Å². The molecule has 4 heteroatoms. The molecule has 1 N–H and O–H groups in total. The maximum absolute atomic E-state index is 12.3. The summed E-state index contributed by atoms with van der Waals surface area (Å²) in [5, 5.41) is 3.07. The van der Waals surface area contributed by atoms with E-state index in [0.29, 0.717) is 0 Å². The summed E-state index contributed by atoms with van der Waals surface area (Å²) in [7, 11) is 0. The lowest BCUT2D eigenvalue weighted by atomic mass is 9.96. The van der Waals surface area contributed by atoms with Crippen molar-refractivity contribution in [2.75, 3.05) is 6.54 Å². The summed E-state index contributed by atoms with van der Waals surface area (Å²) in [5.74, 6) is 0. The van der Waals surface area contributed by atoms with Crippen LogP contribution in [0.1, 0.15) is 23.6 Å². The average molecular weight is 201 g/mol. The summed E-state index contributed by atoms with van der Waals surface area (Å²) >= 11 is 0. The minimum absolute atomic E-state index is 0.109. The van der Waals surface area contributed by atoms with Crippen molar-refractivity contribution >= 4 is 0 Å². The van der Waals surface area contributed by atoms with Crippen molar-refractivity contribution in [3.05, 3.63) is 35.4 Å². The predicted molar refractivity (Wildman–Crippen MR) is 46.8 cm³/mol. The van der Waals surface area contributed by atoms with E-state index in [2.05, 4.69) is 5.32 Å². The van der Waals surface area contributed by atoms with Crippen LogP contribution in [0.3, 0.4) is 0 Å². The molecule has 0 amide bonds. The molecule has 0 saturated carbocycles. The van der Waals surface area contributed by atoms with Gasteiger partial charge in [-0.15, -0.1) is 0 Å². The topological polar surface area (TPSA) is 12.0 Å². The Balaban J connectivity index is 2.26. The van der Waals surface area contributed by atoms with Crippen molar-refractivity contribution in [1.29, 1.82) is 0 Å². The highest BCUT2D eigenvalue weighted by molar-refractivity contribution is 5.28. The molecule has 1 saturated heterocycles. The van der Waals surface area contributed by atoms with Gasteiger partial charge in [0.2, 0.25) is 0 Å². The van der Waals surface area contributed by atoms with Crippen LogP contribution in [0.4, 0.5) is 13.2 Å². The second-order valence-electron chi connectivity index (χ2n) is 3.42. The summed E-state index contributed by atoms with van der Waals surface area (Å²) in [6.07, 6.45) is -3.32. The van der Waals surface area contributed by atoms with Crippen LogP contribution in [0, 0.1) is 0 Å². The van der Waals surface area contributed by atoms with Gasteiger partial charge in [-0.2, -0.15) is 13.2 Å². The Morgan fingerprint density at radius 2 is 2.00 bits per heavy atom. The smallest absolute Gasteiger partial charge is 0.310 e. The summed E-state index contributed by atoms with van der Waals surface area (Å²) in [4.78, 5) is 0. The van der Waals surface area contributed by atoms with E-state index in [-0.39, 0.29) is 6.04 Å². The second-order valence-corrected chi connectivity index (χ2v) is 3.42. The Hall–Kier alpha value is -1.03. The van der Waals surface area contributed by atoms with Crippen LogP contribution in [0.15, 0.2) is 24.3 Å². The second kappa shape index (κ2) is 3.28. The summed E-state index contributed by atoms with van der Waals surface area (Å²) in [6, 6.07) is 5.61. The van der Waals surface area contributed by atoms with Gasteiger partial charge in [-0.05, 0) is 30.7 Å². The standard InChI is InChI=1S/C10H10F3N/c11-10(12,13)8-3-1-2-7(6-8)9-4-5-14-9/h1-3,6,9,14H,4-5H2/t9-/m0/s1. The zero-order valence-corrected chi connectivity index (χ0v) is 7.43. The molecule has 0 radical (unpaired) electrons. The summed E-state index contributed by atoms with van der Waals surface area (Å²) < 4.78 is 37.0. The van der Waals surface area contributed by atoms with Gasteiger partial charge >= 0.3 is 6.18 Å². The van der Waals surface area contributed by atoms with Gasteiger partial charge in [0.05, 0.1) is 5.56 Å². The third kappa shape index (κ3) is 1.75. The highest BCUT2D eigenvalue weighted by atomic mass is 19.4. The van der Waals surface area contributed by atoms with Crippen LogP contribution in [0.5, 0.6) is 0 Å². The zero-order valence-electron chi connectivity index (χ0n) is 7.43. The lowest BCUT2D eigenvalue weighted by Crippen LogP contribution is -2.35. The zero-order chi connectivity index (χ0) is 10.2. The lowest BCUT2D eigenvalue weighted by Gasteiger charge is -2.28. The molecular formula is C10H10F3N. The van der Waals surface area contributed by atoms with Crippen LogP contribution < -0.4 is 5.32 Å². The number of rotatable bonds is 1. The third-order valence-corrected chi connectivity index (χ3v) is 2.44. The minimum atomic E-state index is -4.24. The van der Waals surface area contributed by atoms with Crippen molar-refractivity contribution in [2.45, 2.75) is 18.6 Å². The minimum Gasteiger partial charge on any atom is -0.310 e. The maximum Gasteiger partial charge on any atom is 0.416 e. The molecule has 0 spiro atoms. The van der Waals surface area contributed by atoms with Crippen LogP contribution in [0.2, 0.25) is 0 Å². The number of hydrogen-bond donors (Lipinski definition) is 1. The number of alkyl halides is 3. The molecule has 1 atom stereocenters. The maximum atomic E-state index is 12.3. The van der Waals surface area contributed by atoms with Crippen molar-refractivity contribution in [3.63, 3.8) is 0 Å². The van der Waals surface area contributed by atoms with Gasteiger partial charge in [0.25, 0.3) is 0 Å². The van der Waals surface area contributed by atoms with E-state index in [4.69, 9.17) is 0 Å². The van der Waals surface area contributed by atoms with E-state index < -0.39 is 11.7 Å². The molecule has 2 rings (SSSR count). The first-order valence-corrected chi connectivity index (χ1v) is 4.48. The molecule has 1 aromatic rings. The molecule has 1 nitrogen and oxygen atoms in total. The molecule has 14 heavy (non-hydrogen) atoms. The molecule has 1 aromatic carbocycles. The first kappa shape index (κ1) is 9.52. The Bertz CT molecular complexity index is 328. The van der Waals surface area contributed by atoms with E-state index in [1.54, 1.807) is 6.07 Å². The van der Waals surface area contributed by atoms with Crippen molar-refractivity contribution in [3.8, 4) is 0 Å². The van der Waals surface area contributed by atoms with Gasteiger partial charge in [-0.3, -0.25) is 0 Å². The molecule has 76 valence electrons. The number of nitrogens with one attached hydrogen (secondary N) is 1. The van der Waals surface area contributed by atoms with Gasteiger partial charge in [-0.1, -0.05) is 12.1 Å². The average Bonchev–Trinajstić information content (AvgIpc) is 2.00. The fourth-order valence-corrected chi connectivity index (χ4v) is 1.50. The molecule has 0 bridgehead atoms. The SMILES string of the molecule is FC(F)(F)c1cccc([C@@H]2CCN2)c1. The van der Waals surface area contributed by atoms with Crippen LogP contribution >= 0.6 is 0 Å². The first-order valence-electron chi connectivity index (χ1n) is 4.48. The first-order chi connectivity index (χ1) is 6.57. The monoisotopic (exact) mass is 201 g/mol. The number of halogens is 3. The van der Waals surface area contributed by atoms with E-state index in [0.717, 1.165) is 24.6 Å². The van der Waals surface area contributed by atoms with Crippen LogP contribution in [0.25, 0.3) is 0 Å². The van der Waals surface area contributed by atoms with E-state index in [9.17, 15) is 13.2 Å². The third-order valence-electron chi connectivity index (χ3n) is 2.44. The Labute approximate surface area is 79.9 Å². The number of hydrogen-bond acceptors (Lipinski definition) is 1. The summed E-state index contributed by atoms with van der Waals surface area (Å²) in [6.45, 7) is 0.890. The fraction of sp³-hybridized carbons (Fsp3) is 0.400. The van der Waals surface area contributed by atoms with Crippen molar-refractivity contribution in [1.82, 2.24) is 5.32 Å². The van der Waals surface area contributed by atoms with E-state index in [1.807, 2.05) is 0 Å². The van der Waals surface area contributed by atoms with E-state index >= 15 is 0 Å². The van der Waals surface area contributed by atoms with Crippen molar-refractivity contribution in [2.24, 2.45) is 0 Å². The molecule has 1 heterocycles. The van der Waals surface area contributed by atoms with Gasteiger partial charge in [-0.25, -0.2) is 0 Å². The Kier molecular flexibility index (Phi) is 2.23. The predicted octanol–water partition coefficient (Wildman–Crippen LogP) is 2.74.